The van der Waals surface area contributed by atoms with Gasteiger partial charge < -0.3 is 25.0 Å². The summed E-state index contributed by atoms with van der Waals surface area (Å²) < 4.78 is 24.5. The first-order chi connectivity index (χ1) is 14.5. The first-order valence-corrected chi connectivity index (χ1v) is 10.8. The van der Waals surface area contributed by atoms with E-state index in [1.54, 1.807) is 7.05 Å². The molecule has 2 fully saturated rings. The Morgan fingerprint density at radius 1 is 1.10 bits per heavy atom. The normalized spacial score (nSPS) is 21.4. The van der Waals surface area contributed by atoms with Gasteiger partial charge in [-0.25, -0.2) is 4.39 Å². The lowest BCUT2D eigenvalue weighted by Crippen LogP contribution is -2.57. The number of benzene rings is 1. The molecule has 2 aliphatic rings. The molecule has 2 heterocycles. The summed E-state index contributed by atoms with van der Waals surface area (Å²) in [6.07, 6.45) is 1.99. The molecular weight excluding hydrogens is 385 g/mol. The van der Waals surface area contributed by atoms with Crippen LogP contribution in [-0.4, -0.2) is 95.0 Å². The van der Waals surface area contributed by atoms with Crippen LogP contribution in [0.3, 0.4) is 0 Å². The molecule has 0 spiro atoms. The van der Waals surface area contributed by atoms with Crippen LogP contribution in [0.15, 0.2) is 29.3 Å². The predicted molar refractivity (Wildman–Crippen MR) is 117 cm³/mol. The molecule has 0 aromatic heterocycles. The lowest BCUT2D eigenvalue weighted by molar-refractivity contribution is -0.00506. The van der Waals surface area contributed by atoms with Gasteiger partial charge >= 0.3 is 0 Å². The molecular formula is C22H36FN5O2. The molecule has 1 aromatic carbocycles. The fourth-order valence-electron chi connectivity index (χ4n) is 4.23. The van der Waals surface area contributed by atoms with E-state index in [1.165, 1.54) is 12.1 Å². The SMILES string of the molecule is CN=C(NCC(c1ccc(F)cc1)N1CCOCC1)NCC1(N(C)C)CCOCC1. The summed E-state index contributed by atoms with van der Waals surface area (Å²) in [5.41, 5.74) is 1.16. The van der Waals surface area contributed by atoms with Crippen molar-refractivity contribution in [3.8, 4) is 0 Å². The first kappa shape index (κ1) is 22.9. The fraction of sp³-hybridized carbons (Fsp3) is 0.682. The summed E-state index contributed by atoms with van der Waals surface area (Å²) in [6, 6.07) is 6.93. The Morgan fingerprint density at radius 3 is 2.33 bits per heavy atom. The zero-order chi connectivity index (χ0) is 21.4. The van der Waals surface area contributed by atoms with E-state index in [9.17, 15) is 4.39 Å². The zero-order valence-electron chi connectivity index (χ0n) is 18.5. The highest BCUT2D eigenvalue weighted by molar-refractivity contribution is 5.79. The summed E-state index contributed by atoms with van der Waals surface area (Å²) in [5.74, 6) is 0.568. The topological polar surface area (TPSA) is 61.4 Å². The van der Waals surface area contributed by atoms with Crippen molar-refractivity contribution < 1.29 is 13.9 Å². The number of ether oxygens (including phenoxy) is 2. The highest BCUT2D eigenvalue weighted by Crippen LogP contribution is 2.25. The summed E-state index contributed by atoms with van der Waals surface area (Å²) in [4.78, 5) is 9.11. The van der Waals surface area contributed by atoms with Crippen molar-refractivity contribution in [3.05, 3.63) is 35.6 Å². The monoisotopic (exact) mass is 421 g/mol. The second-order valence-corrected chi connectivity index (χ2v) is 8.25. The quantitative estimate of drug-likeness (QED) is 0.514. The van der Waals surface area contributed by atoms with Gasteiger partial charge in [0.1, 0.15) is 5.82 Å². The molecule has 168 valence electrons. The fourth-order valence-corrected chi connectivity index (χ4v) is 4.23. The first-order valence-electron chi connectivity index (χ1n) is 10.8. The maximum Gasteiger partial charge on any atom is 0.191 e. The van der Waals surface area contributed by atoms with Crippen molar-refractivity contribution in [2.45, 2.75) is 24.4 Å². The van der Waals surface area contributed by atoms with Gasteiger partial charge in [0, 0.05) is 52.0 Å². The van der Waals surface area contributed by atoms with Crippen molar-refractivity contribution in [1.29, 1.82) is 0 Å². The van der Waals surface area contributed by atoms with Crippen LogP contribution in [0.5, 0.6) is 0 Å². The van der Waals surface area contributed by atoms with Crippen LogP contribution in [0.1, 0.15) is 24.4 Å². The molecule has 0 radical (unpaired) electrons. The van der Waals surface area contributed by atoms with Gasteiger partial charge in [-0.1, -0.05) is 12.1 Å². The Bertz CT molecular complexity index is 671. The van der Waals surface area contributed by atoms with Gasteiger partial charge in [0.2, 0.25) is 0 Å². The van der Waals surface area contributed by atoms with Crippen molar-refractivity contribution >= 4 is 5.96 Å². The van der Waals surface area contributed by atoms with Crippen LogP contribution in [-0.2, 0) is 9.47 Å². The molecule has 7 nitrogen and oxygen atoms in total. The molecule has 0 saturated carbocycles. The second-order valence-electron chi connectivity index (χ2n) is 8.25. The molecule has 2 N–H and O–H groups in total. The van der Waals surface area contributed by atoms with Gasteiger partial charge in [-0.15, -0.1) is 0 Å². The summed E-state index contributed by atoms with van der Waals surface area (Å²) in [6.45, 7) is 6.23. The Balaban J connectivity index is 1.63. The van der Waals surface area contributed by atoms with E-state index < -0.39 is 0 Å². The molecule has 2 saturated heterocycles. The highest BCUT2D eigenvalue weighted by atomic mass is 19.1. The van der Waals surface area contributed by atoms with Gasteiger partial charge in [0.05, 0.1) is 19.3 Å². The minimum absolute atomic E-state index is 0.0659. The minimum Gasteiger partial charge on any atom is -0.381 e. The number of halogens is 1. The molecule has 0 bridgehead atoms. The lowest BCUT2D eigenvalue weighted by Gasteiger charge is -2.43. The summed E-state index contributed by atoms with van der Waals surface area (Å²) in [7, 11) is 6.06. The molecule has 0 aliphatic carbocycles. The third-order valence-electron chi connectivity index (χ3n) is 6.38. The van der Waals surface area contributed by atoms with Crippen LogP contribution >= 0.6 is 0 Å². The van der Waals surface area contributed by atoms with E-state index in [-0.39, 0.29) is 17.4 Å². The van der Waals surface area contributed by atoms with E-state index in [4.69, 9.17) is 9.47 Å². The number of aliphatic imine (C=N–C) groups is 1. The second kappa shape index (κ2) is 11.0. The number of morpholine rings is 1. The van der Waals surface area contributed by atoms with Gasteiger partial charge in [-0.2, -0.15) is 0 Å². The van der Waals surface area contributed by atoms with Crippen LogP contribution in [0.25, 0.3) is 0 Å². The number of nitrogens with one attached hydrogen (secondary N) is 2. The molecule has 2 aliphatic heterocycles. The van der Waals surface area contributed by atoms with Gasteiger partial charge in [0.25, 0.3) is 0 Å². The van der Waals surface area contributed by atoms with Crippen molar-refractivity contribution in [3.63, 3.8) is 0 Å². The van der Waals surface area contributed by atoms with Crippen molar-refractivity contribution in [1.82, 2.24) is 20.4 Å². The van der Waals surface area contributed by atoms with Gasteiger partial charge in [-0.05, 0) is 44.6 Å². The van der Waals surface area contributed by atoms with E-state index in [0.29, 0.717) is 6.54 Å². The van der Waals surface area contributed by atoms with E-state index in [2.05, 4.69) is 39.5 Å². The molecule has 1 unspecified atom stereocenters. The number of hydrogen-bond acceptors (Lipinski definition) is 5. The van der Waals surface area contributed by atoms with Gasteiger partial charge in [0.15, 0.2) is 5.96 Å². The molecule has 30 heavy (non-hydrogen) atoms. The lowest BCUT2D eigenvalue weighted by atomic mass is 9.88. The third-order valence-corrected chi connectivity index (χ3v) is 6.38. The van der Waals surface area contributed by atoms with Crippen LogP contribution in [0.4, 0.5) is 4.39 Å². The minimum atomic E-state index is -0.213. The van der Waals surface area contributed by atoms with Crippen LogP contribution < -0.4 is 10.6 Å². The average molecular weight is 422 g/mol. The van der Waals surface area contributed by atoms with Crippen molar-refractivity contribution in [2.75, 3.05) is 73.7 Å². The molecule has 3 rings (SSSR count). The number of guanidine groups is 1. The average Bonchev–Trinajstić information content (AvgIpc) is 2.78. The van der Waals surface area contributed by atoms with Gasteiger partial charge in [-0.3, -0.25) is 9.89 Å². The van der Waals surface area contributed by atoms with E-state index >= 15 is 0 Å². The number of hydrogen-bond donors (Lipinski definition) is 2. The Hall–Kier alpha value is -1.74. The van der Waals surface area contributed by atoms with E-state index in [1.807, 2.05) is 12.1 Å². The van der Waals surface area contributed by atoms with E-state index in [0.717, 1.165) is 70.4 Å². The Labute approximate surface area is 179 Å². The third kappa shape index (κ3) is 5.91. The van der Waals surface area contributed by atoms with Crippen LogP contribution in [0, 0.1) is 5.82 Å². The smallest absolute Gasteiger partial charge is 0.191 e. The van der Waals surface area contributed by atoms with Crippen LogP contribution in [0.2, 0.25) is 0 Å². The zero-order valence-corrected chi connectivity index (χ0v) is 18.5. The molecule has 0 amide bonds. The maximum atomic E-state index is 13.4. The number of likely N-dealkylation sites (N-methyl/N-ethyl adjacent to an activating group) is 1. The number of rotatable bonds is 7. The Morgan fingerprint density at radius 2 is 1.73 bits per heavy atom. The summed E-state index contributed by atoms with van der Waals surface area (Å²) in [5, 5.41) is 7.01. The molecule has 8 heteroatoms. The summed E-state index contributed by atoms with van der Waals surface area (Å²) >= 11 is 0. The molecule has 1 atom stereocenters. The Kier molecular flexibility index (Phi) is 8.44. The maximum absolute atomic E-state index is 13.4. The standard InChI is InChI=1S/C22H36FN5O2/c1-24-21(26-17-22(27(2)3)8-12-29-13-9-22)25-16-20(28-10-14-30-15-11-28)18-4-6-19(23)7-5-18/h4-7,20H,8-17H2,1-3H3,(H2,24,25,26). The number of nitrogens with zero attached hydrogens (tertiary/aromatic N) is 3. The highest BCUT2D eigenvalue weighted by Gasteiger charge is 2.35. The molecule has 1 aromatic rings. The largest absolute Gasteiger partial charge is 0.381 e. The predicted octanol–water partition coefficient (Wildman–Crippen LogP) is 1.47. The van der Waals surface area contributed by atoms with Crippen molar-refractivity contribution in [2.24, 2.45) is 4.99 Å².